The van der Waals surface area contributed by atoms with E-state index >= 15 is 0 Å². The minimum absolute atomic E-state index is 0.236. The van der Waals surface area contributed by atoms with Gasteiger partial charge in [0.2, 0.25) is 5.95 Å². The topological polar surface area (TPSA) is 81.2 Å². The molecular weight excluding hydrogens is 447 g/mol. The first-order chi connectivity index (χ1) is 16.3. The summed E-state index contributed by atoms with van der Waals surface area (Å²) >= 11 is 0. The lowest BCUT2D eigenvalue weighted by atomic mass is 10.0. The van der Waals surface area contributed by atoms with Crippen LogP contribution in [-0.2, 0) is 14.3 Å². The molecule has 0 fully saturated rings. The van der Waals surface area contributed by atoms with Crippen LogP contribution in [0.2, 0.25) is 0 Å². The van der Waals surface area contributed by atoms with E-state index in [2.05, 4.69) is 15.0 Å². The summed E-state index contributed by atoms with van der Waals surface area (Å²) in [6, 6.07) is 19.7. The molecule has 3 rings (SSSR count). The van der Waals surface area contributed by atoms with Crippen LogP contribution in [0.4, 0.5) is 19.1 Å². The van der Waals surface area contributed by atoms with Crippen molar-refractivity contribution in [2.24, 2.45) is 0 Å². The maximum atomic E-state index is 12.1. The van der Waals surface area contributed by atoms with Crippen molar-refractivity contribution in [2.45, 2.75) is 38.3 Å². The Bertz CT molecular complexity index is 1090. The molecular formula is C25H24F3N3O3. The number of nitrogens with zero attached hydrogens (tertiary/aromatic N) is 2. The van der Waals surface area contributed by atoms with Crippen molar-refractivity contribution >= 4 is 17.9 Å². The van der Waals surface area contributed by atoms with Gasteiger partial charge in [-0.2, -0.15) is 13.2 Å². The van der Waals surface area contributed by atoms with Crippen LogP contribution in [0.25, 0.3) is 22.4 Å². The van der Waals surface area contributed by atoms with Gasteiger partial charge in [0.15, 0.2) is 0 Å². The Morgan fingerprint density at radius 3 is 2.12 bits per heavy atom. The Morgan fingerprint density at radius 1 is 0.853 bits per heavy atom. The van der Waals surface area contributed by atoms with Crippen LogP contribution in [0.3, 0.4) is 0 Å². The molecule has 34 heavy (non-hydrogen) atoms. The Morgan fingerprint density at radius 2 is 1.47 bits per heavy atom. The van der Waals surface area contributed by atoms with Gasteiger partial charge in [-0.05, 0) is 18.4 Å². The van der Waals surface area contributed by atoms with Gasteiger partial charge >= 0.3 is 18.1 Å². The first-order valence-corrected chi connectivity index (χ1v) is 10.9. The molecule has 0 amide bonds. The first kappa shape index (κ1) is 24.9. The molecule has 0 saturated carbocycles. The lowest BCUT2D eigenvalue weighted by Gasteiger charge is -2.12. The summed E-state index contributed by atoms with van der Waals surface area (Å²) in [5, 5.41) is 3.19. The van der Waals surface area contributed by atoms with E-state index in [4.69, 9.17) is 4.98 Å². The molecule has 2 aromatic carbocycles. The van der Waals surface area contributed by atoms with Crippen LogP contribution in [0.1, 0.15) is 32.1 Å². The molecule has 178 valence electrons. The molecule has 0 spiro atoms. The van der Waals surface area contributed by atoms with Crippen molar-refractivity contribution in [3.63, 3.8) is 0 Å². The van der Waals surface area contributed by atoms with E-state index < -0.39 is 18.1 Å². The van der Waals surface area contributed by atoms with E-state index in [1.165, 1.54) is 0 Å². The van der Waals surface area contributed by atoms with Crippen molar-refractivity contribution < 1.29 is 27.5 Å². The van der Waals surface area contributed by atoms with Crippen LogP contribution in [-0.4, -0.2) is 34.6 Å². The number of carbonyl (C=O) groups excluding carboxylic acids is 2. The number of hydrogen-bond acceptors (Lipinski definition) is 6. The zero-order valence-corrected chi connectivity index (χ0v) is 18.3. The molecule has 1 heterocycles. The van der Waals surface area contributed by atoms with Crippen molar-refractivity contribution in [1.82, 2.24) is 9.97 Å². The Balaban J connectivity index is 1.48. The van der Waals surface area contributed by atoms with Gasteiger partial charge in [-0.1, -0.05) is 73.5 Å². The van der Waals surface area contributed by atoms with E-state index in [1.54, 1.807) is 6.20 Å². The summed E-state index contributed by atoms with van der Waals surface area (Å²) in [4.78, 5) is 31.0. The van der Waals surface area contributed by atoms with Crippen LogP contribution in [0.5, 0.6) is 0 Å². The molecule has 0 aliphatic rings. The van der Waals surface area contributed by atoms with Gasteiger partial charge in [0.25, 0.3) is 0 Å². The average molecular weight is 471 g/mol. The number of ether oxygens (including phenoxy) is 1. The van der Waals surface area contributed by atoms with Crippen molar-refractivity contribution in [1.29, 1.82) is 0 Å². The van der Waals surface area contributed by atoms with Gasteiger partial charge in [0, 0.05) is 30.3 Å². The fraction of sp³-hybridized carbons (Fsp3) is 0.280. The summed E-state index contributed by atoms with van der Waals surface area (Å²) in [5.41, 5.74) is 3.73. The molecule has 6 nitrogen and oxygen atoms in total. The van der Waals surface area contributed by atoms with E-state index in [1.807, 2.05) is 60.7 Å². The molecule has 0 atom stereocenters. The normalized spacial score (nSPS) is 11.1. The standard InChI is InChI=1S/C25H24F3N3O3/c26-25(27,28)23(33)34-21(32)15-9-1-2-10-16-29-24-30-17-20(18-11-5-3-6-12-18)22(31-24)19-13-7-4-8-14-19/h3-8,11-14,17H,1-2,9-10,15-16H2,(H,29,30,31). The largest absolute Gasteiger partial charge is 0.491 e. The highest BCUT2D eigenvalue weighted by Gasteiger charge is 2.42. The number of rotatable bonds is 10. The summed E-state index contributed by atoms with van der Waals surface area (Å²) in [6.45, 7) is 0.593. The summed E-state index contributed by atoms with van der Waals surface area (Å²) in [6.07, 6.45) is -1.17. The van der Waals surface area contributed by atoms with Gasteiger partial charge in [-0.15, -0.1) is 0 Å². The van der Waals surface area contributed by atoms with E-state index in [0.717, 1.165) is 35.2 Å². The third-order valence-electron chi connectivity index (χ3n) is 4.95. The number of carbonyl (C=O) groups is 2. The highest BCUT2D eigenvalue weighted by Crippen LogP contribution is 2.30. The number of anilines is 1. The van der Waals surface area contributed by atoms with E-state index in [-0.39, 0.29) is 6.42 Å². The Kier molecular flexibility index (Phi) is 8.73. The Labute approximate surface area is 195 Å². The van der Waals surface area contributed by atoms with Crippen LogP contribution in [0.15, 0.2) is 66.9 Å². The van der Waals surface area contributed by atoms with Gasteiger partial charge < -0.3 is 10.1 Å². The molecule has 0 saturated heterocycles. The fourth-order valence-electron chi connectivity index (χ4n) is 3.27. The smallest absolute Gasteiger partial charge is 0.386 e. The van der Waals surface area contributed by atoms with Crippen LogP contribution >= 0.6 is 0 Å². The van der Waals surface area contributed by atoms with Gasteiger partial charge in [0.05, 0.1) is 5.69 Å². The molecule has 0 aliphatic carbocycles. The highest BCUT2D eigenvalue weighted by molar-refractivity contribution is 5.88. The predicted octanol–water partition coefficient (Wildman–Crippen LogP) is 5.81. The Hall–Kier alpha value is -3.75. The van der Waals surface area contributed by atoms with Crippen molar-refractivity contribution in [2.75, 3.05) is 11.9 Å². The molecule has 1 N–H and O–H groups in total. The SMILES string of the molecule is O=C(CCCCCCNc1ncc(-c2ccccc2)c(-c2ccccc2)n1)OC(=O)C(F)(F)F. The third-order valence-corrected chi connectivity index (χ3v) is 4.95. The summed E-state index contributed by atoms with van der Waals surface area (Å²) in [5.74, 6) is -3.15. The quantitative estimate of drug-likeness (QED) is 0.229. The lowest BCUT2D eigenvalue weighted by molar-refractivity contribution is -0.201. The molecule has 9 heteroatoms. The number of esters is 2. The number of benzene rings is 2. The minimum atomic E-state index is -5.16. The monoisotopic (exact) mass is 471 g/mol. The molecule has 0 radical (unpaired) electrons. The minimum Gasteiger partial charge on any atom is -0.386 e. The summed E-state index contributed by atoms with van der Waals surface area (Å²) < 4.78 is 39.9. The number of unbranched alkanes of at least 4 members (excludes halogenated alkanes) is 3. The third kappa shape index (κ3) is 7.40. The molecule has 0 aliphatic heterocycles. The first-order valence-electron chi connectivity index (χ1n) is 10.9. The lowest BCUT2D eigenvalue weighted by Crippen LogP contribution is -2.27. The maximum Gasteiger partial charge on any atom is 0.491 e. The van der Waals surface area contributed by atoms with Crippen LogP contribution < -0.4 is 5.32 Å². The molecule has 3 aromatic rings. The number of aromatic nitrogens is 2. The zero-order valence-electron chi connectivity index (χ0n) is 18.3. The molecule has 0 bridgehead atoms. The number of hydrogen-bond donors (Lipinski definition) is 1. The number of halogens is 3. The summed E-state index contributed by atoms with van der Waals surface area (Å²) in [7, 11) is 0. The van der Waals surface area contributed by atoms with Crippen LogP contribution in [0, 0.1) is 0 Å². The van der Waals surface area contributed by atoms with Gasteiger partial charge in [-0.3, -0.25) is 4.79 Å². The number of alkyl halides is 3. The van der Waals surface area contributed by atoms with Crippen molar-refractivity contribution in [3.05, 3.63) is 66.9 Å². The van der Waals surface area contributed by atoms with Gasteiger partial charge in [0.1, 0.15) is 0 Å². The predicted molar refractivity (Wildman–Crippen MR) is 122 cm³/mol. The molecule has 0 unspecified atom stereocenters. The number of nitrogens with one attached hydrogen (secondary N) is 1. The maximum absolute atomic E-state index is 12.1. The van der Waals surface area contributed by atoms with Gasteiger partial charge in [-0.25, -0.2) is 14.8 Å². The molecule has 1 aromatic heterocycles. The zero-order chi connectivity index (χ0) is 24.4. The second-order valence-electron chi connectivity index (χ2n) is 7.54. The van der Waals surface area contributed by atoms with E-state index in [0.29, 0.717) is 25.3 Å². The highest BCUT2D eigenvalue weighted by atomic mass is 19.4. The second-order valence-corrected chi connectivity index (χ2v) is 7.54. The second kappa shape index (κ2) is 11.9. The van der Waals surface area contributed by atoms with E-state index in [9.17, 15) is 22.8 Å². The average Bonchev–Trinajstić information content (AvgIpc) is 2.84. The fourth-order valence-corrected chi connectivity index (χ4v) is 3.27. The van der Waals surface area contributed by atoms with Crippen molar-refractivity contribution in [3.8, 4) is 22.4 Å².